The van der Waals surface area contributed by atoms with Crippen LogP contribution >= 0.6 is 11.3 Å². The Kier molecular flexibility index (Phi) is 4.58. The molecule has 0 fully saturated rings. The summed E-state index contributed by atoms with van der Waals surface area (Å²) in [5.41, 5.74) is 3.83. The van der Waals surface area contributed by atoms with Crippen molar-refractivity contribution >= 4 is 22.9 Å². The van der Waals surface area contributed by atoms with Gasteiger partial charge in [0, 0.05) is 22.7 Å². The summed E-state index contributed by atoms with van der Waals surface area (Å²) < 4.78 is 10.6. The second kappa shape index (κ2) is 7.17. The molecule has 1 aromatic heterocycles. The van der Waals surface area contributed by atoms with Gasteiger partial charge in [-0.05, 0) is 24.1 Å². The zero-order valence-electron chi connectivity index (χ0n) is 14.3. The first-order valence-electron chi connectivity index (χ1n) is 8.44. The minimum absolute atomic E-state index is 0.109. The normalized spacial score (nSPS) is 12.2. The molecule has 2 heterocycles. The summed E-state index contributed by atoms with van der Waals surface area (Å²) in [5.74, 6) is 1.23. The Hall–Kier alpha value is -2.86. The number of amides is 1. The van der Waals surface area contributed by atoms with E-state index >= 15 is 0 Å². The number of aryl methyl sites for hydroxylation is 1. The van der Waals surface area contributed by atoms with Crippen LogP contribution in [0.5, 0.6) is 11.5 Å². The maximum Gasteiger partial charge on any atom is 0.231 e. The lowest BCUT2D eigenvalue weighted by Crippen LogP contribution is -2.14. The third-order valence-corrected chi connectivity index (χ3v) is 5.10. The van der Waals surface area contributed by atoms with E-state index in [1.165, 1.54) is 5.56 Å². The predicted molar refractivity (Wildman–Crippen MR) is 102 cm³/mol. The molecule has 1 aliphatic heterocycles. The number of anilines is 1. The monoisotopic (exact) mass is 366 g/mol. The van der Waals surface area contributed by atoms with Gasteiger partial charge in [0.05, 0.1) is 12.1 Å². The highest BCUT2D eigenvalue weighted by Crippen LogP contribution is 2.34. The molecule has 1 aliphatic rings. The van der Waals surface area contributed by atoms with Gasteiger partial charge in [0.15, 0.2) is 11.5 Å². The van der Waals surface area contributed by atoms with Gasteiger partial charge in [0.25, 0.3) is 0 Å². The summed E-state index contributed by atoms with van der Waals surface area (Å²) >= 11 is 1.55. The molecule has 0 bridgehead atoms. The zero-order valence-corrected chi connectivity index (χ0v) is 15.1. The fraction of sp³-hybridized carbons (Fsp3) is 0.200. The van der Waals surface area contributed by atoms with Crippen LogP contribution in [0, 0.1) is 0 Å². The molecular weight excluding hydrogens is 348 g/mol. The largest absolute Gasteiger partial charge is 0.454 e. The Morgan fingerprint density at radius 3 is 2.77 bits per heavy atom. The average Bonchev–Trinajstić information content (AvgIpc) is 3.30. The lowest BCUT2D eigenvalue weighted by Gasteiger charge is -2.05. The van der Waals surface area contributed by atoms with Crippen molar-refractivity contribution < 1.29 is 14.3 Å². The second-order valence-electron chi connectivity index (χ2n) is 5.99. The molecule has 4 rings (SSSR count). The molecule has 6 heteroatoms. The van der Waals surface area contributed by atoms with Crippen molar-refractivity contribution in [3.8, 4) is 22.1 Å². The maximum absolute atomic E-state index is 12.3. The summed E-state index contributed by atoms with van der Waals surface area (Å²) in [6.07, 6.45) is 1.25. The van der Waals surface area contributed by atoms with E-state index in [2.05, 4.69) is 41.5 Å². The standard InChI is InChI=1S/C20H18N2O3S/c1-2-13-3-5-14(6-4-13)20-22-16(11-26-20)10-19(23)21-15-7-8-17-18(9-15)25-12-24-17/h3-9,11H,2,10,12H2,1H3,(H,21,23). The Bertz CT molecular complexity index is 934. The molecule has 0 atom stereocenters. The SMILES string of the molecule is CCc1ccc(-c2nc(CC(=O)Nc3ccc4c(c3)OCO4)cs2)cc1. The summed E-state index contributed by atoms with van der Waals surface area (Å²) in [6.45, 7) is 2.35. The van der Waals surface area contributed by atoms with E-state index in [1.54, 1.807) is 29.5 Å². The first-order chi connectivity index (χ1) is 12.7. The number of thiazole rings is 1. The van der Waals surface area contributed by atoms with Gasteiger partial charge in [-0.1, -0.05) is 31.2 Å². The number of hydrogen-bond donors (Lipinski definition) is 1. The number of carbonyl (C=O) groups excluding carboxylic acids is 1. The van der Waals surface area contributed by atoms with Crippen LogP contribution in [0.3, 0.4) is 0 Å². The van der Waals surface area contributed by atoms with Crippen LogP contribution in [0.1, 0.15) is 18.2 Å². The Morgan fingerprint density at radius 2 is 1.96 bits per heavy atom. The highest BCUT2D eigenvalue weighted by molar-refractivity contribution is 7.13. The molecule has 0 radical (unpaired) electrons. The fourth-order valence-electron chi connectivity index (χ4n) is 2.75. The van der Waals surface area contributed by atoms with Gasteiger partial charge in [-0.2, -0.15) is 0 Å². The van der Waals surface area contributed by atoms with Crippen molar-refractivity contribution in [2.75, 3.05) is 12.1 Å². The summed E-state index contributed by atoms with van der Waals surface area (Å²) in [7, 11) is 0. The topological polar surface area (TPSA) is 60.5 Å². The number of hydrogen-bond acceptors (Lipinski definition) is 5. The number of fused-ring (bicyclic) bond motifs is 1. The lowest BCUT2D eigenvalue weighted by atomic mass is 10.1. The number of aromatic nitrogens is 1. The average molecular weight is 366 g/mol. The number of carbonyl (C=O) groups is 1. The van der Waals surface area contributed by atoms with E-state index in [4.69, 9.17) is 9.47 Å². The third kappa shape index (κ3) is 3.55. The lowest BCUT2D eigenvalue weighted by molar-refractivity contribution is -0.115. The van der Waals surface area contributed by atoms with Crippen molar-refractivity contribution in [2.24, 2.45) is 0 Å². The van der Waals surface area contributed by atoms with Crippen molar-refractivity contribution in [2.45, 2.75) is 19.8 Å². The van der Waals surface area contributed by atoms with Crippen LogP contribution in [-0.4, -0.2) is 17.7 Å². The van der Waals surface area contributed by atoms with Crippen LogP contribution in [0.4, 0.5) is 5.69 Å². The van der Waals surface area contributed by atoms with Gasteiger partial charge in [0.2, 0.25) is 12.7 Å². The van der Waals surface area contributed by atoms with E-state index in [0.717, 1.165) is 22.7 Å². The molecule has 0 saturated heterocycles. The maximum atomic E-state index is 12.3. The number of nitrogens with zero attached hydrogens (tertiary/aromatic N) is 1. The number of ether oxygens (including phenoxy) is 2. The fourth-order valence-corrected chi connectivity index (χ4v) is 3.57. The molecule has 2 aromatic carbocycles. The van der Waals surface area contributed by atoms with Gasteiger partial charge in [0.1, 0.15) is 5.01 Å². The molecule has 1 amide bonds. The van der Waals surface area contributed by atoms with Gasteiger partial charge >= 0.3 is 0 Å². The molecule has 0 saturated carbocycles. The van der Waals surface area contributed by atoms with Crippen LogP contribution in [-0.2, 0) is 17.6 Å². The minimum atomic E-state index is -0.109. The highest BCUT2D eigenvalue weighted by Gasteiger charge is 2.15. The van der Waals surface area contributed by atoms with Crippen molar-refractivity contribution in [3.05, 3.63) is 59.1 Å². The molecular formula is C20H18N2O3S. The predicted octanol–water partition coefficient (Wildman–Crippen LogP) is 4.28. The van der Waals surface area contributed by atoms with Crippen LogP contribution in [0.15, 0.2) is 47.8 Å². The van der Waals surface area contributed by atoms with Gasteiger partial charge in [-0.15, -0.1) is 11.3 Å². The Labute approximate surface area is 155 Å². The molecule has 0 aliphatic carbocycles. The first-order valence-corrected chi connectivity index (χ1v) is 9.32. The molecule has 132 valence electrons. The molecule has 0 unspecified atom stereocenters. The van der Waals surface area contributed by atoms with E-state index in [1.807, 2.05) is 5.38 Å². The van der Waals surface area contributed by atoms with Gasteiger partial charge < -0.3 is 14.8 Å². The Balaban J connectivity index is 1.41. The number of nitrogens with one attached hydrogen (secondary N) is 1. The third-order valence-electron chi connectivity index (χ3n) is 4.16. The first kappa shape index (κ1) is 16.6. The van der Waals surface area contributed by atoms with Gasteiger partial charge in [-0.25, -0.2) is 4.98 Å². The zero-order chi connectivity index (χ0) is 17.9. The van der Waals surface area contributed by atoms with Crippen molar-refractivity contribution in [1.82, 2.24) is 4.98 Å². The van der Waals surface area contributed by atoms with Crippen molar-refractivity contribution in [1.29, 1.82) is 0 Å². The highest BCUT2D eigenvalue weighted by atomic mass is 32.1. The summed E-state index contributed by atoms with van der Waals surface area (Å²) in [6, 6.07) is 13.7. The smallest absolute Gasteiger partial charge is 0.231 e. The van der Waals surface area contributed by atoms with Gasteiger partial charge in [-0.3, -0.25) is 4.79 Å². The number of benzene rings is 2. The summed E-state index contributed by atoms with van der Waals surface area (Å²) in [4.78, 5) is 16.9. The van der Waals surface area contributed by atoms with Crippen molar-refractivity contribution in [3.63, 3.8) is 0 Å². The Morgan fingerprint density at radius 1 is 1.15 bits per heavy atom. The van der Waals surface area contributed by atoms with E-state index in [9.17, 15) is 4.79 Å². The van der Waals surface area contributed by atoms with Crippen LogP contribution < -0.4 is 14.8 Å². The second-order valence-corrected chi connectivity index (χ2v) is 6.85. The van der Waals surface area contributed by atoms with E-state index < -0.39 is 0 Å². The molecule has 1 N–H and O–H groups in total. The summed E-state index contributed by atoms with van der Waals surface area (Å²) in [5, 5.41) is 5.74. The van der Waals surface area contributed by atoms with Crippen LogP contribution in [0.25, 0.3) is 10.6 Å². The van der Waals surface area contributed by atoms with E-state index in [-0.39, 0.29) is 19.1 Å². The molecule has 3 aromatic rings. The van der Waals surface area contributed by atoms with Crippen LogP contribution in [0.2, 0.25) is 0 Å². The minimum Gasteiger partial charge on any atom is -0.454 e. The number of rotatable bonds is 5. The molecule has 5 nitrogen and oxygen atoms in total. The quantitative estimate of drug-likeness (QED) is 0.732. The molecule has 26 heavy (non-hydrogen) atoms. The molecule has 0 spiro atoms. The van der Waals surface area contributed by atoms with E-state index in [0.29, 0.717) is 17.2 Å².